The summed E-state index contributed by atoms with van der Waals surface area (Å²) in [6.45, 7) is 7.33. The largest absolute Gasteiger partial charge is 0.380 e. The van der Waals surface area contributed by atoms with Gasteiger partial charge in [0, 0.05) is 25.2 Å². The van der Waals surface area contributed by atoms with Gasteiger partial charge in [0.1, 0.15) is 0 Å². The van der Waals surface area contributed by atoms with Crippen LogP contribution in [-0.2, 0) is 9.47 Å². The Morgan fingerprint density at radius 1 is 1.53 bits per heavy atom. The maximum atomic E-state index is 6.05. The first-order valence-electron chi connectivity index (χ1n) is 5.76. The average Bonchev–Trinajstić information content (AvgIpc) is 2.17. The van der Waals surface area contributed by atoms with Crippen LogP contribution in [-0.4, -0.2) is 56.5 Å². The molecular weight excluding hydrogens is 192 g/mol. The highest BCUT2D eigenvalue weighted by Crippen LogP contribution is 2.10. The number of hydrogen-bond acceptors (Lipinski definition) is 4. The molecule has 15 heavy (non-hydrogen) atoms. The summed E-state index contributed by atoms with van der Waals surface area (Å²) in [5, 5.41) is 0. The fraction of sp³-hybridized carbons (Fsp3) is 1.00. The van der Waals surface area contributed by atoms with Gasteiger partial charge in [0.2, 0.25) is 0 Å². The van der Waals surface area contributed by atoms with E-state index >= 15 is 0 Å². The Morgan fingerprint density at radius 3 is 2.87 bits per heavy atom. The van der Waals surface area contributed by atoms with Crippen molar-refractivity contribution < 1.29 is 9.47 Å². The molecule has 1 rings (SSSR count). The lowest BCUT2D eigenvalue weighted by Crippen LogP contribution is -2.52. The molecule has 0 aromatic rings. The van der Waals surface area contributed by atoms with Crippen molar-refractivity contribution in [3.05, 3.63) is 0 Å². The Balaban J connectivity index is 2.22. The SMILES string of the molecule is CC(C)OCCN(C)C1COCCC1N. The van der Waals surface area contributed by atoms with Crippen LogP contribution < -0.4 is 5.73 Å². The maximum Gasteiger partial charge on any atom is 0.0636 e. The summed E-state index contributed by atoms with van der Waals surface area (Å²) in [4.78, 5) is 2.24. The first kappa shape index (κ1) is 12.9. The molecule has 1 saturated heterocycles. The van der Waals surface area contributed by atoms with Crippen LogP contribution >= 0.6 is 0 Å². The van der Waals surface area contributed by atoms with Gasteiger partial charge in [-0.25, -0.2) is 0 Å². The van der Waals surface area contributed by atoms with Crippen molar-refractivity contribution in [2.45, 2.75) is 38.5 Å². The van der Waals surface area contributed by atoms with E-state index in [1.54, 1.807) is 0 Å². The molecule has 0 spiro atoms. The second kappa shape index (κ2) is 6.43. The van der Waals surface area contributed by atoms with Gasteiger partial charge in [-0.2, -0.15) is 0 Å². The fourth-order valence-electron chi connectivity index (χ4n) is 1.79. The molecule has 4 heteroatoms. The highest BCUT2D eigenvalue weighted by molar-refractivity contribution is 4.83. The summed E-state index contributed by atoms with van der Waals surface area (Å²) < 4.78 is 11.0. The summed E-state index contributed by atoms with van der Waals surface area (Å²) in [5.74, 6) is 0. The van der Waals surface area contributed by atoms with Gasteiger partial charge in [0.25, 0.3) is 0 Å². The van der Waals surface area contributed by atoms with Crippen LogP contribution in [0.4, 0.5) is 0 Å². The van der Waals surface area contributed by atoms with Crippen molar-refractivity contribution in [2.75, 3.05) is 33.4 Å². The quantitative estimate of drug-likeness (QED) is 0.725. The van der Waals surface area contributed by atoms with E-state index in [4.69, 9.17) is 15.2 Å². The molecule has 0 saturated carbocycles. The third-order valence-electron chi connectivity index (χ3n) is 2.84. The van der Waals surface area contributed by atoms with E-state index in [0.29, 0.717) is 12.1 Å². The molecule has 1 heterocycles. The number of nitrogens with zero attached hydrogens (tertiary/aromatic N) is 1. The molecule has 1 aliphatic rings. The zero-order valence-corrected chi connectivity index (χ0v) is 10.1. The highest BCUT2D eigenvalue weighted by atomic mass is 16.5. The highest BCUT2D eigenvalue weighted by Gasteiger charge is 2.25. The van der Waals surface area contributed by atoms with Crippen LogP contribution in [0.5, 0.6) is 0 Å². The Bertz CT molecular complexity index is 176. The number of nitrogens with two attached hydrogens (primary N) is 1. The maximum absolute atomic E-state index is 6.05. The van der Waals surface area contributed by atoms with E-state index in [1.165, 1.54) is 0 Å². The molecule has 2 N–H and O–H groups in total. The summed E-state index contributed by atoms with van der Waals surface area (Å²) in [6, 6.07) is 0.581. The topological polar surface area (TPSA) is 47.7 Å². The van der Waals surface area contributed by atoms with Gasteiger partial charge >= 0.3 is 0 Å². The fourth-order valence-corrected chi connectivity index (χ4v) is 1.79. The number of likely N-dealkylation sites (N-methyl/N-ethyl adjacent to an activating group) is 1. The second-order valence-corrected chi connectivity index (χ2v) is 4.49. The molecule has 0 amide bonds. The predicted molar refractivity (Wildman–Crippen MR) is 60.9 cm³/mol. The van der Waals surface area contributed by atoms with E-state index in [-0.39, 0.29) is 6.04 Å². The van der Waals surface area contributed by atoms with Gasteiger partial charge in [0.15, 0.2) is 0 Å². The first-order valence-corrected chi connectivity index (χ1v) is 5.76. The van der Waals surface area contributed by atoms with Gasteiger partial charge in [-0.3, -0.25) is 4.90 Å². The lowest BCUT2D eigenvalue weighted by atomic mass is 10.0. The molecule has 0 aliphatic carbocycles. The Hall–Kier alpha value is -0.160. The molecule has 1 fully saturated rings. The molecule has 0 radical (unpaired) electrons. The average molecular weight is 216 g/mol. The van der Waals surface area contributed by atoms with Crippen LogP contribution in [0.25, 0.3) is 0 Å². The minimum absolute atomic E-state index is 0.239. The molecule has 0 aromatic heterocycles. The van der Waals surface area contributed by atoms with Crippen LogP contribution in [0.3, 0.4) is 0 Å². The van der Waals surface area contributed by atoms with Gasteiger partial charge in [-0.15, -0.1) is 0 Å². The van der Waals surface area contributed by atoms with Gasteiger partial charge < -0.3 is 15.2 Å². The van der Waals surface area contributed by atoms with E-state index in [1.807, 2.05) is 0 Å². The molecule has 2 unspecified atom stereocenters. The van der Waals surface area contributed by atoms with E-state index in [2.05, 4.69) is 25.8 Å². The summed E-state index contributed by atoms with van der Waals surface area (Å²) in [7, 11) is 2.09. The Morgan fingerprint density at radius 2 is 2.27 bits per heavy atom. The van der Waals surface area contributed by atoms with Gasteiger partial charge in [0.05, 0.1) is 19.3 Å². The number of rotatable bonds is 5. The summed E-state index contributed by atoms with van der Waals surface area (Å²) >= 11 is 0. The van der Waals surface area contributed by atoms with Crippen LogP contribution in [0.2, 0.25) is 0 Å². The Labute approximate surface area is 92.7 Å². The molecule has 0 bridgehead atoms. The molecule has 2 atom stereocenters. The van der Waals surface area contributed by atoms with Crippen molar-refractivity contribution in [2.24, 2.45) is 5.73 Å². The van der Waals surface area contributed by atoms with Crippen molar-refractivity contribution in [1.29, 1.82) is 0 Å². The van der Waals surface area contributed by atoms with Crippen molar-refractivity contribution in [3.63, 3.8) is 0 Å². The van der Waals surface area contributed by atoms with Gasteiger partial charge in [-0.05, 0) is 27.3 Å². The van der Waals surface area contributed by atoms with Crippen molar-refractivity contribution in [3.8, 4) is 0 Å². The number of hydrogen-bond donors (Lipinski definition) is 1. The van der Waals surface area contributed by atoms with Crippen molar-refractivity contribution in [1.82, 2.24) is 4.90 Å². The lowest BCUT2D eigenvalue weighted by Gasteiger charge is -2.35. The van der Waals surface area contributed by atoms with Crippen LogP contribution in [0, 0.1) is 0 Å². The minimum atomic E-state index is 0.239. The van der Waals surface area contributed by atoms with Crippen molar-refractivity contribution >= 4 is 0 Å². The zero-order chi connectivity index (χ0) is 11.3. The van der Waals surface area contributed by atoms with Crippen LogP contribution in [0.15, 0.2) is 0 Å². The second-order valence-electron chi connectivity index (χ2n) is 4.49. The summed E-state index contributed by atoms with van der Waals surface area (Å²) in [6.07, 6.45) is 1.26. The van der Waals surface area contributed by atoms with E-state index in [0.717, 1.165) is 32.8 Å². The normalized spacial score (nSPS) is 27.6. The lowest BCUT2D eigenvalue weighted by molar-refractivity contribution is -0.00196. The molecule has 0 aromatic carbocycles. The van der Waals surface area contributed by atoms with E-state index in [9.17, 15) is 0 Å². The zero-order valence-electron chi connectivity index (χ0n) is 10.1. The number of ether oxygens (including phenoxy) is 2. The monoisotopic (exact) mass is 216 g/mol. The molecular formula is C11H24N2O2. The molecule has 1 aliphatic heterocycles. The predicted octanol–water partition coefficient (Wildman–Crippen LogP) is 0.459. The Kier molecular flexibility index (Phi) is 5.53. The standard InChI is InChI=1S/C11H24N2O2/c1-9(2)15-7-5-13(3)11-8-14-6-4-10(11)12/h9-11H,4-8,12H2,1-3H3. The third-order valence-corrected chi connectivity index (χ3v) is 2.84. The first-order chi connectivity index (χ1) is 7.11. The minimum Gasteiger partial charge on any atom is -0.380 e. The molecule has 90 valence electrons. The van der Waals surface area contributed by atoms with Gasteiger partial charge in [-0.1, -0.05) is 0 Å². The summed E-state index contributed by atoms with van der Waals surface area (Å²) in [5.41, 5.74) is 6.05. The smallest absolute Gasteiger partial charge is 0.0636 e. The molecule has 4 nitrogen and oxygen atoms in total. The third kappa shape index (κ3) is 4.47. The van der Waals surface area contributed by atoms with Crippen LogP contribution in [0.1, 0.15) is 20.3 Å². The van der Waals surface area contributed by atoms with E-state index < -0.39 is 0 Å².